The van der Waals surface area contributed by atoms with Gasteiger partial charge in [-0.2, -0.15) is 13.2 Å². The number of hydrogen-bond acceptors (Lipinski definition) is 4. The second-order valence-corrected chi connectivity index (χ2v) is 9.46. The fourth-order valence-corrected chi connectivity index (χ4v) is 5.09. The van der Waals surface area contributed by atoms with E-state index in [-0.39, 0.29) is 11.3 Å². The van der Waals surface area contributed by atoms with Gasteiger partial charge in [0, 0.05) is 15.3 Å². The van der Waals surface area contributed by atoms with Gasteiger partial charge in [-0.05, 0) is 72.7 Å². The molecule has 1 saturated carbocycles. The van der Waals surface area contributed by atoms with Crippen molar-refractivity contribution in [3.05, 3.63) is 69.6 Å². The van der Waals surface area contributed by atoms with E-state index < -0.39 is 17.7 Å². The summed E-state index contributed by atoms with van der Waals surface area (Å²) in [6, 6.07) is 11.9. The Morgan fingerprint density at radius 1 is 1.13 bits per heavy atom. The summed E-state index contributed by atoms with van der Waals surface area (Å²) in [6.07, 6.45) is -2.44. The van der Waals surface area contributed by atoms with Crippen molar-refractivity contribution in [2.24, 2.45) is 0 Å². The Morgan fingerprint density at radius 2 is 1.90 bits per heavy atom. The first kappa shape index (κ1) is 21.1. The minimum absolute atomic E-state index is 0.137. The first-order valence-electron chi connectivity index (χ1n) is 8.99. The van der Waals surface area contributed by atoms with Gasteiger partial charge < -0.3 is 9.83 Å². The fraction of sp³-hybridized carbons (Fsp3) is 0.190. The second-order valence-electron chi connectivity index (χ2n) is 6.90. The lowest BCUT2D eigenvalue weighted by Crippen LogP contribution is -2.06. The molecule has 1 aromatic heterocycles. The van der Waals surface area contributed by atoms with E-state index in [0.29, 0.717) is 20.7 Å². The Labute approximate surface area is 184 Å². The van der Waals surface area contributed by atoms with Gasteiger partial charge in [-0.3, -0.25) is 0 Å². The predicted octanol–water partition coefficient (Wildman–Crippen LogP) is 7.78. The highest BCUT2D eigenvalue weighted by Crippen LogP contribution is 2.46. The first-order chi connectivity index (χ1) is 14.2. The lowest BCUT2D eigenvalue weighted by atomic mass is 10.1. The number of carboxylic acid groups (broad SMARTS) is 1. The molecule has 2 N–H and O–H groups in total. The zero-order chi connectivity index (χ0) is 21.5. The van der Waals surface area contributed by atoms with E-state index in [1.54, 1.807) is 30.3 Å². The van der Waals surface area contributed by atoms with Gasteiger partial charge >= 0.3 is 12.1 Å². The molecule has 9 heteroatoms. The molecule has 1 fully saturated rings. The highest BCUT2D eigenvalue weighted by Gasteiger charge is 2.31. The van der Waals surface area contributed by atoms with Crippen molar-refractivity contribution in [2.45, 2.75) is 29.8 Å². The maximum absolute atomic E-state index is 13.3. The number of hydrogen-bond donors (Lipinski definition) is 2. The summed E-state index contributed by atoms with van der Waals surface area (Å²) in [5, 5.41) is 9.29. The molecule has 0 saturated heterocycles. The van der Waals surface area contributed by atoms with Crippen LogP contribution in [0.2, 0.25) is 4.34 Å². The van der Waals surface area contributed by atoms with E-state index in [4.69, 9.17) is 11.6 Å². The summed E-state index contributed by atoms with van der Waals surface area (Å²) >= 11 is 8.40. The zero-order valence-corrected chi connectivity index (χ0v) is 17.7. The van der Waals surface area contributed by atoms with Crippen molar-refractivity contribution in [1.82, 2.24) is 0 Å². The molecule has 0 atom stereocenters. The number of benzene rings is 2. The maximum atomic E-state index is 13.3. The Morgan fingerprint density at radius 3 is 2.50 bits per heavy atom. The lowest BCUT2D eigenvalue weighted by molar-refractivity contribution is -0.137. The number of anilines is 1. The summed E-state index contributed by atoms with van der Waals surface area (Å²) in [5.41, 5.74) is 1.26. The number of aromatic carboxylic acids is 1. The quantitative estimate of drug-likeness (QED) is 0.362. The minimum Gasteiger partial charge on any atom is -0.478 e. The molecule has 0 unspecified atom stereocenters. The molecule has 1 aliphatic rings. The van der Waals surface area contributed by atoms with Gasteiger partial charge in [0.15, 0.2) is 0 Å². The van der Waals surface area contributed by atoms with Crippen molar-refractivity contribution < 1.29 is 23.1 Å². The average Bonchev–Trinajstić information content (AvgIpc) is 3.45. The minimum atomic E-state index is -4.48. The molecule has 1 aliphatic carbocycles. The molecule has 156 valence electrons. The summed E-state index contributed by atoms with van der Waals surface area (Å²) in [5.74, 6) is -0.693. The number of rotatable bonds is 6. The van der Waals surface area contributed by atoms with Crippen LogP contribution in [0.4, 0.5) is 18.9 Å². The number of nitrogens with one attached hydrogen (secondary N) is 1. The molecule has 0 spiro atoms. The van der Waals surface area contributed by atoms with Gasteiger partial charge in [-0.25, -0.2) is 4.79 Å². The van der Waals surface area contributed by atoms with Crippen molar-refractivity contribution in [3.63, 3.8) is 0 Å². The van der Waals surface area contributed by atoms with Crippen LogP contribution in [0.3, 0.4) is 0 Å². The van der Waals surface area contributed by atoms with Gasteiger partial charge in [-0.15, -0.1) is 11.3 Å². The topological polar surface area (TPSA) is 49.3 Å². The summed E-state index contributed by atoms with van der Waals surface area (Å²) in [7, 11) is 0. The maximum Gasteiger partial charge on any atom is 0.416 e. The van der Waals surface area contributed by atoms with Crippen LogP contribution in [0, 0.1) is 0 Å². The smallest absolute Gasteiger partial charge is 0.416 e. The molecule has 0 amide bonds. The lowest BCUT2D eigenvalue weighted by Gasteiger charge is -2.16. The van der Waals surface area contributed by atoms with Crippen LogP contribution >= 0.6 is 34.9 Å². The fourth-order valence-electron chi connectivity index (χ4n) is 3.08. The SMILES string of the molecule is O=C(O)c1ccc(C2CC2)c(SNc2cc(C(F)(F)F)ccc2-c2ccc(Cl)s2)c1. The van der Waals surface area contributed by atoms with Crippen molar-refractivity contribution in [2.75, 3.05) is 4.72 Å². The monoisotopic (exact) mass is 469 g/mol. The van der Waals surface area contributed by atoms with Crippen molar-refractivity contribution in [1.29, 1.82) is 0 Å². The standard InChI is InChI=1S/C21H15ClF3NO2S2/c22-19-8-7-17(29-19)15-6-4-13(21(23,24)25)10-16(15)26-30-18-9-12(20(27)28)3-5-14(18)11-1-2-11/h3-11,26H,1-2H2,(H,27,28). The molecule has 0 bridgehead atoms. The molecule has 1 heterocycles. The number of thiophene rings is 1. The second kappa shape index (κ2) is 8.17. The summed E-state index contributed by atoms with van der Waals surface area (Å²) in [4.78, 5) is 12.8. The van der Waals surface area contributed by atoms with Gasteiger partial charge in [0.05, 0.1) is 21.2 Å². The Balaban J connectivity index is 1.70. The number of carbonyl (C=O) groups is 1. The van der Waals surface area contributed by atoms with E-state index >= 15 is 0 Å². The van der Waals surface area contributed by atoms with Gasteiger partial charge in [0.25, 0.3) is 0 Å². The third-order valence-electron chi connectivity index (χ3n) is 4.73. The molecule has 0 radical (unpaired) electrons. The van der Waals surface area contributed by atoms with Crippen molar-refractivity contribution >= 4 is 46.5 Å². The average molecular weight is 470 g/mol. The van der Waals surface area contributed by atoms with Crippen molar-refractivity contribution in [3.8, 4) is 10.4 Å². The normalized spacial score (nSPS) is 14.0. The third kappa shape index (κ3) is 4.61. The van der Waals surface area contributed by atoms with E-state index in [0.717, 1.165) is 47.4 Å². The van der Waals surface area contributed by atoms with E-state index in [2.05, 4.69) is 4.72 Å². The Kier molecular flexibility index (Phi) is 5.74. The summed E-state index contributed by atoms with van der Waals surface area (Å²) < 4.78 is 43.4. The van der Waals surface area contributed by atoms with Crippen LogP contribution in [-0.2, 0) is 6.18 Å². The largest absolute Gasteiger partial charge is 0.478 e. The molecular formula is C21H15ClF3NO2S2. The molecule has 4 rings (SSSR count). The van der Waals surface area contributed by atoms with Crippen LogP contribution in [0.25, 0.3) is 10.4 Å². The number of alkyl halides is 3. The molecule has 30 heavy (non-hydrogen) atoms. The van der Waals surface area contributed by atoms with Gasteiger partial charge in [0.2, 0.25) is 0 Å². The van der Waals surface area contributed by atoms with E-state index in [1.165, 1.54) is 17.4 Å². The number of halogens is 4. The Bertz CT molecular complexity index is 1110. The van der Waals surface area contributed by atoms with Crippen LogP contribution < -0.4 is 4.72 Å². The third-order valence-corrected chi connectivity index (χ3v) is 6.89. The highest BCUT2D eigenvalue weighted by atomic mass is 35.5. The van der Waals surface area contributed by atoms with Crippen LogP contribution in [-0.4, -0.2) is 11.1 Å². The zero-order valence-electron chi connectivity index (χ0n) is 15.3. The van der Waals surface area contributed by atoms with Gasteiger partial charge in [-0.1, -0.05) is 23.7 Å². The van der Waals surface area contributed by atoms with Crippen LogP contribution in [0.5, 0.6) is 0 Å². The predicted molar refractivity (Wildman–Crippen MR) is 115 cm³/mol. The molecule has 3 aromatic rings. The molecule has 2 aromatic carbocycles. The highest BCUT2D eigenvalue weighted by molar-refractivity contribution is 8.00. The number of carboxylic acids is 1. The van der Waals surface area contributed by atoms with Gasteiger partial charge in [0.1, 0.15) is 0 Å². The first-order valence-corrected chi connectivity index (χ1v) is 11.0. The van der Waals surface area contributed by atoms with Crippen LogP contribution in [0.15, 0.2) is 53.4 Å². The molecule has 3 nitrogen and oxygen atoms in total. The Hall–Kier alpha value is -2.16. The van der Waals surface area contributed by atoms with E-state index in [9.17, 15) is 23.1 Å². The molecule has 0 aliphatic heterocycles. The summed E-state index contributed by atoms with van der Waals surface area (Å²) in [6.45, 7) is 0. The van der Waals surface area contributed by atoms with E-state index in [1.807, 2.05) is 0 Å². The molecular weight excluding hydrogens is 455 g/mol. The van der Waals surface area contributed by atoms with Crippen LogP contribution in [0.1, 0.15) is 40.2 Å².